The fraction of sp³-hybridized carbons (Fsp3) is 0.286. The van der Waals surface area contributed by atoms with Crippen LogP contribution < -0.4 is 0 Å². The van der Waals surface area contributed by atoms with E-state index in [1.807, 2.05) is 23.5 Å². The van der Waals surface area contributed by atoms with Gasteiger partial charge in [0.2, 0.25) is 0 Å². The highest BCUT2D eigenvalue weighted by atomic mass is 32.2. The van der Waals surface area contributed by atoms with E-state index in [0.717, 1.165) is 0 Å². The van der Waals surface area contributed by atoms with E-state index in [-0.39, 0.29) is 0 Å². The second kappa shape index (κ2) is 4.01. The van der Waals surface area contributed by atoms with Gasteiger partial charge in [-0.1, -0.05) is 48.2 Å². The number of allylic oxidation sites excluding steroid dienone is 3. The monoisotopic (exact) mass is 246 g/mol. The number of hydrogen-bond acceptors (Lipinski definition) is 2. The summed E-state index contributed by atoms with van der Waals surface area (Å²) in [6, 6.07) is 8.71. The Bertz CT molecular complexity index is 497. The molecule has 1 aliphatic heterocycles. The van der Waals surface area contributed by atoms with Crippen molar-refractivity contribution in [3.05, 3.63) is 45.7 Å². The van der Waals surface area contributed by atoms with Crippen LogP contribution in [0.5, 0.6) is 0 Å². The Labute approximate surface area is 105 Å². The van der Waals surface area contributed by atoms with Gasteiger partial charge in [0.15, 0.2) is 0 Å². The summed E-state index contributed by atoms with van der Waals surface area (Å²) in [6.07, 6.45) is 3.58. The lowest BCUT2D eigenvalue weighted by Gasteiger charge is -2.28. The molecule has 0 saturated heterocycles. The first kappa shape index (κ1) is 10.5. The van der Waals surface area contributed by atoms with Gasteiger partial charge in [0.05, 0.1) is 0 Å². The van der Waals surface area contributed by atoms with Gasteiger partial charge < -0.3 is 0 Å². The lowest BCUT2D eigenvalue weighted by atomic mass is 9.97. The third-order valence-corrected chi connectivity index (χ3v) is 5.80. The molecule has 16 heavy (non-hydrogen) atoms. The molecular formula is C14H14S2. The van der Waals surface area contributed by atoms with Gasteiger partial charge >= 0.3 is 0 Å². The molecule has 1 aliphatic carbocycles. The van der Waals surface area contributed by atoms with E-state index in [0.29, 0.717) is 5.92 Å². The number of hydrogen-bond donors (Lipinski definition) is 0. The molecule has 0 amide bonds. The molecule has 0 N–H and O–H groups in total. The van der Waals surface area contributed by atoms with Gasteiger partial charge in [-0.15, -0.1) is 0 Å². The highest BCUT2D eigenvalue weighted by Crippen LogP contribution is 2.52. The molecular weight excluding hydrogens is 232 g/mol. The van der Waals surface area contributed by atoms with Gasteiger partial charge in [0, 0.05) is 19.6 Å². The molecule has 3 rings (SSSR count). The summed E-state index contributed by atoms with van der Waals surface area (Å²) in [5.41, 5.74) is 1.51. The molecule has 0 nitrogen and oxygen atoms in total. The molecule has 0 spiro atoms. The van der Waals surface area contributed by atoms with Crippen LogP contribution in [0, 0.1) is 5.92 Å². The third-order valence-electron chi connectivity index (χ3n) is 2.99. The molecule has 82 valence electrons. The summed E-state index contributed by atoms with van der Waals surface area (Å²) in [6.45, 7) is 4.58. The first-order chi connectivity index (χ1) is 7.74. The van der Waals surface area contributed by atoms with E-state index in [2.05, 4.69) is 44.2 Å². The van der Waals surface area contributed by atoms with Crippen molar-refractivity contribution in [3.63, 3.8) is 0 Å². The Kier molecular flexibility index (Phi) is 2.64. The van der Waals surface area contributed by atoms with Crippen molar-refractivity contribution < 1.29 is 0 Å². The Morgan fingerprint density at radius 1 is 1.12 bits per heavy atom. The van der Waals surface area contributed by atoms with E-state index in [1.165, 1.54) is 26.7 Å². The predicted octanol–water partition coefficient (Wildman–Crippen LogP) is 5.08. The fourth-order valence-electron chi connectivity index (χ4n) is 2.26. The molecule has 1 heterocycles. The summed E-state index contributed by atoms with van der Waals surface area (Å²) in [5.74, 6) is 0.686. The van der Waals surface area contributed by atoms with Gasteiger partial charge in [0.25, 0.3) is 0 Å². The Morgan fingerprint density at radius 2 is 1.81 bits per heavy atom. The topological polar surface area (TPSA) is 0 Å². The predicted molar refractivity (Wildman–Crippen MR) is 72.7 cm³/mol. The van der Waals surface area contributed by atoms with Crippen molar-refractivity contribution in [3.8, 4) is 0 Å². The zero-order valence-electron chi connectivity index (χ0n) is 9.49. The Morgan fingerprint density at radius 3 is 2.56 bits per heavy atom. The summed E-state index contributed by atoms with van der Waals surface area (Å²) in [5, 5.41) is 0. The molecule has 2 aliphatic rings. The second-order valence-electron chi connectivity index (χ2n) is 4.48. The van der Waals surface area contributed by atoms with Crippen molar-refractivity contribution in [2.75, 3.05) is 0 Å². The van der Waals surface area contributed by atoms with Crippen LogP contribution in [0.4, 0.5) is 0 Å². The molecule has 0 radical (unpaired) electrons. The number of thioether (sulfide) groups is 2. The maximum atomic E-state index is 2.36. The normalized spacial score (nSPS) is 23.6. The number of rotatable bonds is 0. The Hall–Kier alpha value is -0.600. The second-order valence-corrected chi connectivity index (χ2v) is 6.64. The zero-order valence-corrected chi connectivity index (χ0v) is 11.1. The van der Waals surface area contributed by atoms with Crippen LogP contribution in [0.2, 0.25) is 0 Å². The van der Waals surface area contributed by atoms with Crippen molar-refractivity contribution in [2.45, 2.75) is 30.1 Å². The summed E-state index contributed by atoms with van der Waals surface area (Å²) >= 11 is 3.90. The molecule has 0 aromatic heterocycles. The van der Waals surface area contributed by atoms with E-state index >= 15 is 0 Å². The van der Waals surface area contributed by atoms with Crippen molar-refractivity contribution in [1.82, 2.24) is 0 Å². The minimum atomic E-state index is 0.686. The standard InChI is InChI=1S/C14H14S2/c1-9-7-10(2)14-13(8-9)15-11-5-3-4-6-12(11)16-14/h3-6,8,10H,7H2,1-2H3. The van der Waals surface area contributed by atoms with E-state index in [1.54, 1.807) is 4.91 Å². The molecule has 1 unspecified atom stereocenters. The van der Waals surface area contributed by atoms with Crippen LogP contribution in [0.3, 0.4) is 0 Å². The highest BCUT2D eigenvalue weighted by molar-refractivity contribution is 8.09. The summed E-state index contributed by atoms with van der Waals surface area (Å²) in [4.78, 5) is 5.87. The van der Waals surface area contributed by atoms with Gasteiger partial charge in [-0.05, 0) is 37.5 Å². The average molecular weight is 246 g/mol. The molecule has 2 heteroatoms. The van der Waals surface area contributed by atoms with Crippen molar-refractivity contribution in [1.29, 1.82) is 0 Å². The average Bonchev–Trinajstić information content (AvgIpc) is 2.27. The molecule has 1 atom stereocenters. The maximum absolute atomic E-state index is 2.36. The van der Waals surface area contributed by atoms with Crippen LogP contribution in [0.15, 0.2) is 55.5 Å². The molecule has 0 saturated carbocycles. The van der Waals surface area contributed by atoms with Crippen molar-refractivity contribution in [2.24, 2.45) is 5.92 Å². The molecule has 0 bridgehead atoms. The first-order valence-electron chi connectivity index (χ1n) is 5.60. The van der Waals surface area contributed by atoms with Crippen molar-refractivity contribution >= 4 is 23.5 Å². The quantitative estimate of drug-likeness (QED) is 0.626. The smallest absolute Gasteiger partial charge is 0.0262 e. The van der Waals surface area contributed by atoms with Crippen LogP contribution in [-0.4, -0.2) is 0 Å². The highest BCUT2D eigenvalue weighted by Gasteiger charge is 2.25. The minimum Gasteiger partial charge on any atom is -0.0919 e. The molecule has 0 fully saturated rings. The van der Waals surface area contributed by atoms with Gasteiger partial charge in [-0.2, -0.15) is 0 Å². The van der Waals surface area contributed by atoms with Gasteiger partial charge in [0.1, 0.15) is 0 Å². The summed E-state index contributed by atoms with van der Waals surface area (Å²) in [7, 11) is 0. The van der Waals surface area contributed by atoms with Crippen LogP contribution >= 0.6 is 23.5 Å². The minimum absolute atomic E-state index is 0.686. The zero-order chi connectivity index (χ0) is 11.1. The maximum Gasteiger partial charge on any atom is 0.0262 e. The van der Waals surface area contributed by atoms with E-state index in [4.69, 9.17) is 0 Å². The SMILES string of the molecule is CC1=CC2=C(Sc3ccccc3S2)C(C)C1. The van der Waals surface area contributed by atoms with Gasteiger partial charge in [-0.25, -0.2) is 0 Å². The summed E-state index contributed by atoms with van der Waals surface area (Å²) < 4.78 is 0. The van der Waals surface area contributed by atoms with Crippen LogP contribution in [0.1, 0.15) is 20.3 Å². The van der Waals surface area contributed by atoms with Gasteiger partial charge in [-0.3, -0.25) is 0 Å². The first-order valence-corrected chi connectivity index (χ1v) is 7.23. The van der Waals surface area contributed by atoms with E-state index in [9.17, 15) is 0 Å². The molecule has 1 aromatic rings. The number of benzene rings is 1. The van der Waals surface area contributed by atoms with Crippen LogP contribution in [-0.2, 0) is 0 Å². The van der Waals surface area contributed by atoms with Crippen LogP contribution in [0.25, 0.3) is 0 Å². The lowest BCUT2D eigenvalue weighted by molar-refractivity contribution is 0.693. The van der Waals surface area contributed by atoms with E-state index < -0.39 is 0 Å². The number of fused-ring (bicyclic) bond motifs is 1. The Balaban J connectivity index is 2.05. The fourth-order valence-corrected chi connectivity index (χ4v) is 4.87. The lowest BCUT2D eigenvalue weighted by Crippen LogP contribution is -2.07. The largest absolute Gasteiger partial charge is 0.0919 e. The third kappa shape index (κ3) is 1.74. The molecule has 1 aromatic carbocycles.